The molecule has 0 saturated heterocycles. The normalized spacial score (nSPS) is 12.5. The molecule has 418 valence electrons. The highest BCUT2D eigenvalue weighted by atomic mass is 16.5. The van der Waals surface area contributed by atoms with E-state index in [-0.39, 0.29) is 30.4 Å². The number of carbonyl (C=O) groups excluding carboxylic acids is 2. The van der Waals surface area contributed by atoms with Crippen LogP contribution in [0.2, 0.25) is 0 Å². The summed E-state index contributed by atoms with van der Waals surface area (Å²) in [5.74, 6) is 0.319. The molecule has 0 bridgehead atoms. The van der Waals surface area contributed by atoms with Crippen LogP contribution in [0, 0.1) is 11.8 Å². The molecule has 0 saturated carbocycles. The Bertz CT molecular complexity index is 947. The van der Waals surface area contributed by atoms with E-state index in [0.29, 0.717) is 13.2 Å². The summed E-state index contributed by atoms with van der Waals surface area (Å²) in [5, 5.41) is 9.44. The van der Waals surface area contributed by atoms with Crippen LogP contribution in [0.1, 0.15) is 349 Å². The van der Waals surface area contributed by atoms with E-state index in [1.807, 2.05) is 0 Å². The van der Waals surface area contributed by atoms with Gasteiger partial charge in [0.2, 0.25) is 0 Å². The number of unbranched alkanes of at least 4 members (excludes halogenated alkanes) is 39. The summed E-state index contributed by atoms with van der Waals surface area (Å²) in [6.45, 7) is 13.8. The summed E-state index contributed by atoms with van der Waals surface area (Å²) < 4.78 is 11.9. The maximum Gasteiger partial charge on any atom is 0.308 e. The van der Waals surface area contributed by atoms with Crippen molar-refractivity contribution in [1.29, 1.82) is 0 Å². The lowest BCUT2D eigenvalue weighted by Gasteiger charge is -2.22. The van der Waals surface area contributed by atoms with Crippen LogP contribution in [0.5, 0.6) is 0 Å². The molecule has 0 rings (SSSR count). The van der Waals surface area contributed by atoms with Crippen LogP contribution < -0.4 is 0 Å². The zero-order valence-electron chi connectivity index (χ0n) is 48.3. The lowest BCUT2D eigenvalue weighted by Crippen LogP contribution is -2.27. The molecule has 6 heteroatoms. The van der Waals surface area contributed by atoms with Crippen LogP contribution in [0.15, 0.2) is 0 Å². The van der Waals surface area contributed by atoms with E-state index in [2.05, 4.69) is 32.6 Å². The van der Waals surface area contributed by atoms with Gasteiger partial charge < -0.3 is 19.5 Å². The Morgan fingerprint density at radius 1 is 0.300 bits per heavy atom. The summed E-state index contributed by atoms with van der Waals surface area (Å²) in [5.41, 5.74) is 0. The third-order valence-electron chi connectivity index (χ3n) is 15.4. The van der Waals surface area contributed by atoms with E-state index in [0.717, 1.165) is 110 Å². The molecule has 0 aromatic carbocycles. The average Bonchev–Trinajstić information content (AvgIpc) is 3.36. The fraction of sp³-hybridized carbons (Fsp3) is 0.969. The number of ether oxygens (including phenoxy) is 2. The Labute approximate surface area is 439 Å². The van der Waals surface area contributed by atoms with Gasteiger partial charge in [-0.25, -0.2) is 0 Å². The van der Waals surface area contributed by atoms with E-state index in [9.17, 15) is 14.7 Å². The summed E-state index contributed by atoms with van der Waals surface area (Å²) in [6.07, 6.45) is 62.3. The minimum atomic E-state index is 0.0740. The standard InChI is InChI=1S/C64H127NO5/c1-5-9-13-17-21-25-27-31-35-43-53-61(51-41-33-29-23-19-15-11-7-3)63(67)69-59-49-39-37-45-55-65(57-47-48-58-66)56-46-38-40-50-60-70-64(68)62(52-42-34-30-24-20-16-12-8-4)54-44-36-32-28-26-22-18-14-10-6-2/h61-62,66H,5-60H2,1-4H3/t61-,62?/m0/s1. The van der Waals surface area contributed by atoms with Crippen LogP contribution in [-0.4, -0.2) is 61.4 Å². The highest BCUT2D eigenvalue weighted by molar-refractivity contribution is 5.72. The van der Waals surface area contributed by atoms with Crippen molar-refractivity contribution in [2.24, 2.45) is 11.8 Å². The Balaban J connectivity index is 4.58. The van der Waals surface area contributed by atoms with Crippen LogP contribution in [-0.2, 0) is 19.1 Å². The predicted molar refractivity (Wildman–Crippen MR) is 306 cm³/mol. The number of hydrogen-bond donors (Lipinski definition) is 1. The highest BCUT2D eigenvalue weighted by Crippen LogP contribution is 2.24. The first kappa shape index (κ1) is 68.9. The van der Waals surface area contributed by atoms with Gasteiger partial charge >= 0.3 is 11.9 Å². The van der Waals surface area contributed by atoms with Gasteiger partial charge in [-0.2, -0.15) is 0 Å². The van der Waals surface area contributed by atoms with Crippen LogP contribution in [0.4, 0.5) is 0 Å². The molecule has 0 aromatic heterocycles. The topological polar surface area (TPSA) is 76.1 Å². The molecule has 0 aliphatic heterocycles. The van der Waals surface area contributed by atoms with Crippen molar-refractivity contribution in [3.05, 3.63) is 0 Å². The molecule has 70 heavy (non-hydrogen) atoms. The van der Waals surface area contributed by atoms with Gasteiger partial charge in [0, 0.05) is 6.61 Å². The van der Waals surface area contributed by atoms with Crippen molar-refractivity contribution in [3.8, 4) is 0 Å². The van der Waals surface area contributed by atoms with Gasteiger partial charge in [-0.1, -0.05) is 285 Å². The molecule has 0 aliphatic carbocycles. The van der Waals surface area contributed by atoms with Gasteiger partial charge in [-0.05, 0) is 83.8 Å². The second-order valence-corrected chi connectivity index (χ2v) is 22.3. The maximum absolute atomic E-state index is 13.3. The molecule has 0 aliphatic rings. The second-order valence-electron chi connectivity index (χ2n) is 22.3. The largest absolute Gasteiger partial charge is 0.465 e. The van der Waals surface area contributed by atoms with E-state index in [4.69, 9.17) is 9.47 Å². The number of aliphatic hydroxyl groups excluding tert-OH is 1. The summed E-state index contributed by atoms with van der Waals surface area (Å²) in [4.78, 5) is 29.2. The molecule has 1 N–H and O–H groups in total. The summed E-state index contributed by atoms with van der Waals surface area (Å²) in [7, 11) is 0. The zero-order valence-corrected chi connectivity index (χ0v) is 48.3. The van der Waals surface area contributed by atoms with Gasteiger partial charge in [-0.15, -0.1) is 0 Å². The van der Waals surface area contributed by atoms with E-state index in [1.54, 1.807) is 0 Å². The number of nitrogens with zero attached hydrogens (tertiary/aromatic N) is 1. The Morgan fingerprint density at radius 2 is 0.514 bits per heavy atom. The molecule has 2 atom stereocenters. The maximum atomic E-state index is 13.3. The van der Waals surface area contributed by atoms with Gasteiger partial charge in [0.15, 0.2) is 0 Å². The molecular weight excluding hydrogens is 863 g/mol. The molecule has 0 heterocycles. The van der Waals surface area contributed by atoms with Crippen molar-refractivity contribution >= 4 is 11.9 Å². The van der Waals surface area contributed by atoms with E-state index in [1.165, 1.54) is 231 Å². The Kier molecular flexibility index (Phi) is 57.8. The van der Waals surface area contributed by atoms with Crippen LogP contribution in [0.25, 0.3) is 0 Å². The molecule has 0 fully saturated rings. The first-order valence-corrected chi connectivity index (χ1v) is 32.2. The minimum Gasteiger partial charge on any atom is -0.465 e. The van der Waals surface area contributed by atoms with Gasteiger partial charge in [-0.3, -0.25) is 9.59 Å². The van der Waals surface area contributed by atoms with Crippen molar-refractivity contribution in [2.75, 3.05) is 39.5 Å². The average molecular weight is 991 g/mol. The Morgan fingerprint density at radius 3 is 0.771 bits per heavy atom. The third-order valence-corrected chi connectivity index (χ3v) is 15.4. The van der Waals surface area contributed by atoms with Crippen molar-refractivity contribution in [3.63, 3.8) is 0 Å². The smallest absolute Gasteiger partial charge is 0.308 e. The SMILES string of the molecule is CCCCCCCCCCCCC(CCCCCCCCCC)C(=O)OCCCCCCN(CCCCO)CCCCCCOC(=O)[C@@H](CCCCCCCCCC)CCCCCCCCCCCC. The fourth-order valence-electron chi connectivity index (χ4n) is 10.5. The number of aliphatic hydroxyl groups is 1. The van der Waals surface area contributed by atoms with Crippen LogP contribution in [0.3, 0.4) is 0 Å². The van der Waals surface area contributed by atoms with Crippen molar-refractivity contribution < 1.29 is 24.2 Å². The van der Waals surface area contributed by atoms with Gasteiger partial charge in [0.1, 0.15) is 0 Å². The van der Waals surface area contributed by atoms with Crippen LogP contribution >= 0.6 is 0 Å². The Hall–Kier alpha value is -1.14. The number of hydrogen-bond acceptors (Lipinski definition) is 6. The zero-order chi connectivity index (χ0) is 50.9. The highest BCUT2D eigenvalue weighted by Gasteiger charge is 2.21. The molecule has 1 unspecified atom stereocenters. The molecule has 0 aromatic rings. The fourth-order valence-corrected chi connectivity index (χ4v) is 10.5. The first-order valence-electron chi connectivity index (χ1n) is 32.2. The lowest BCUT2D eigenvalue weighted by molar-refractivity contribution is -0.150. The molecule has 0 amide bonds. The third kappa shape index (κ3) is 50.4. The molecular formula is C64H127NO5. The summed E-state index contributed by atoms with van der Waals surface area (Å²) in [6, 6.07) is 0. The second kappa shape index (κ2) is 58.7. The lowest BCUT2D eigenvalue weighted by atomic mass is 9.94. The quantitative estimate of drug-likeness (QED) is 0.0483. The van der Waals surface area contributed by atoms with E-state index >= 15 is 0 Å². The van der Waals surface area contributed by atoms with Crippen molar-refractivity contribution in [1.82, 2.24) is 4.90 Å². The predicted octanol–water partition coefficient (Wildman–Crippen LogP) is 20.2. The minimum absolute atomic E-state index is 0.0740. The van der Waals surface area contributed by atoms with Gasteiger partial charge in [0.25, 0.3) is 0 Å². The van der Waals surface area contributed by atoms with Gasteiger partial charge in [0.05, 0.1) is 25.0 Å². The molecule has 0 spiro atoms. The number of esters is 2. The van der Waals surface area contributed by atoms with E-state index < -0.39 is 0 Å². The first-order chi connectivity index (χ1) is 34.5. The number of rotatable bonds is 60. The molecule has 6 nitrogen and oxygen atoms in total. The number of carbonyl (C=O) groups is 2. The van der Waals surface area contributed by atoms with Crippen molar-refractivity contribution in [2.45, 2.75) is 349 Å². The summed E-state index contributed by atoms with van der Waals surface area (Å²) >= 11 is 0. The molecule has 0 radical (unpaired) electrons. The monoisotopic (exact) mass is 990 g/mol.